The fourth-order valence-corrected chi connectivity index (χ4v) is 3.79. The van der Waals surface area contributed by atoms with Crippen LogP contribution in [0, 0.1) is 16.7 Å². The van der Waals surface area contributed by atoms with Crippen LogP contribution in [0.3, 0.4) is 0 Å². The summed E-state index contributed by atoms with van der Waals surface area (Å²) in [5.41, 5.74) is -1.59. The summed E-state index contributed by atoms with van der Waals surface area (Å²) >= 11 is 5.06. The van der Waals surface area contributed by atoms with Gasteiger partial charge in [-0.25, -0.2) is 0 Å². The van der Waals surface area contributed by atoms with E-state index in [9.17, 15) is 14.4 Å². The topological polar surface area (TPSA) is 75.7 Å². The van der Waals surface area contributed by atoms with Gasteiger partial charge in [0.15, 0.2) is 5.11 Å². The van der Waals surface area contributed by atoms with Crippen molar-refractivity contribution < 1.29 is 19.1 Å². The van der Waals surface area contributed by atoms with E-state index in [2.05, 4.69) is 5.32 Å². The molecule has 2 rings (SSSR count). The van der Waals surface area contributed by atoms with Crippen LogP contribution in [0.2, 0.25) is 0 Å². The minimum absolute atomic E-state index is 0.0875. The number of thiocarbonyl (C=S) groups is 1. The lowest BCUT2D eigenvalue weighted by Gasteiger charge is -2.44. The number of nitrogens with one attached hydrogen (secondary N) is 1. The number of esters is 1. The van der Waals surface area contributed by atoms with Crippen LogP contribution in [0.15, 0.2) is 0 Å². The number of ether oxygens (including phenoxy) is 1. The average molecular weight is 368 g/mol. The summed E-state index contributed by atoms with van der Waals surface area (Å²) in [4.78, 5) is 39.7. The van der Waals surface area contributed by atoms with Crippen molar-refractivity contribution in [2.75, 3.05) is 13.7 Å². The predicted octanol–water partition coefficient (Wildman–Crippen LogP) is 2.41. The molecule has 0 aromatic carbocycles. The van der Waals surface area contributed by atoms with E-state index in [0.717, 1.165) is 32.1 Å². The molecule has 1 saturated heterocycles. The Balaban J connectivity index is 2.29. The SMILES string of the molecule is CN1C(=O)C(CC(=O)OCC(C)(C)C)(C2CCCCC2)C(=O)NC1=S. The van der Waals surface area contributed by atoms with Gasteiger partial charge in [0.05, 0.1) is 13.0 Å². The highest BCUT2D eigenvalue weighted by Crippen LogP contribution is 2.44. The Morgan fingerprint density at radius 1 is 1.28 bits per heavy atom. The fraction of sp³-hybridized carbons (Fsp3) is 0.778. The van der Waals surface area contributed by atoms with Crippen LogP contribution in [0.4, 0.5) is 0 Å². The van der Waals surface area contributed by atoms with E-state index in [1.807, 2.05) is 20.8 Å². The third-order valence-electron chi connectivity index (χ3n) is 5.01. The second kappa shape index (κ2) is 7.40. The van der Waals surface area contributed by atoms with E-state index in [4.69, 9.17) is 17.0 Å². The molecule has 0 radical (unpaired) electrons. The van der Waals surface area contributed by atoms with Crippen LogP contribution >= 0.6 is 12.2 Å². The molecule has 0 bridgehead atoms. The number of rotatable bonds is 4. The molecule has 1 atom stereocenters. The molecule has 1 N–H and O–H groups in total. The highest BCUT2D eigenvalue weighted by atomic mass is 32.1. The maximum absolute atomic E-state index is 13.1. The summed E-state index contributed by atoms with van der Waals surface area (Å²) in [5, 5.41) is 2.70. The van der Waals surface area contributed by atoms with Gasteiger partial charge in [-0.1, -0.05) is 40.0 Å². The van der Waals surface area contributed by atoms with Crippen molar-refractivity contribution in [3.63, 3.8) is 0 Å². The summed E-state index contributed by atoms with van der Waals surface area (Å²) in [6.45, 7) is 6.13. The molecule has 1 aliphatic carbocycles. The van der Waals surface area contributed by atoms with Gasteiger partial charge in [0.25, 0.3) is 0 Å². The summed E-state index contributed by atoms with van der Waals surface area (Å²) in [6, 6.07) is 0. The van der Waals surface area contributed by atoms with Gasteiger partial charge >= 0.3 is 5.97 Å². The Bertz CT molecular complexity index is 578. The second-order valence-electron chi connectivity index (χ2n) is 8.33. The molecule has 2 aliphatic rings. The van der Waals surface area contributed by atoms with Gasteiger partial charge in [0, 0.05) is 7.05 Å². The minimum atomic E-state index is -1.41. The Kier molecular flexibility index (Phi) is 5.86. The van der Waals surface area contributed by atoms with E-state index in [1.165, 1.54) is 4.90 Å². The van der Waals surface area contributed by atoms with Crippen LogP contribution in [0.25, 0.3) is 0 Å². The third-order valence-corrected chi connectivity index (χ3v) is 5.38. The number of carbonyl (C=O) groups excluding carboxylic acids is 3. The van der Waals surface area contributed by atoms with Crippen molar-refractivity contribution in [1.29, 1.82) is 0 Å². The molecule has 1 aliphatic heterocycles. The molecule has 1 unspecified atom stereocenters. The Morgan fingerprint density at radius 2 is 1.88 bits per heavy atom. The van der Waals surface area contributed by atoms with Gasteiger partial charge in [-0.2, -0.15) is 0 Å². The van der Waals surface area contributed by atoms with Gasteiger partial charge in [-0.3, -0.25) is 19.3 Å². The molecule has 140 valence electrons. The van der Waals surface area contributed by atoms with Crippen LogP contribution in [0.1, 0.15) is 59.3 Å². The highest BCUT2D eigenvalue weighted by molar-refractivity contribution is 7.80. The molecule has 2 fully saturated rings. The first kappa shape index (κ1) is 19.8. The normalized spacial score (nSPS) is 25.8. The fourth-order valence-electron chi connectivity index (χ4n) is 3.61. The lowest BCUT2D eigenvalue weighted by atomic mass is 9.64. The maximum Gasteiger partial charge on any atom is 0.307 e. The molecule has 0 aromatic rings. The summed E-state index contributed by atoms with van der Waals surface area (Å²) in [6.07, 6.45) is 4.28. The van der Waals surface area contributed by atoms with Crippen molar-refractivity contribution in [3.05, 3.63) is 0 Å². The summed E-state index contributed by atoms with van der Waals surface area (Å²) in [7, 11) is 1.54. The quantitative estimate of drug-likeness (QED) is 0.468. The molecular formula is C18H28N2O4S. The van der Waals surface area contributed by atoms with Gasteiger partial charge in [0.1, 0.15) is 5.41 Å². The predicted molar refractivity (Wildman–Crippen MR) is 97.5 cm³/mol. The molecule has 25 heavy (non-hydrogen) atoms. The highest BCUT2D eigenvalue weighted by Gasteiger charge is 2.57. The lowest BCUT2D eigenvalue weighted by molar-refractivity contribution is -0.165. The molecule has 1 heterocycles. The van der Waals surface area contributed by atoms with Gasteiger partial charge in [-0.15, -0.1) is 0 Å². The lowest BCUT2D eigenvalue weighted by Crippen LogP contribution is -2.65. The van der Waals surface area contributed by atoms with E-state index in [-0.39, 0.29) is 35.4 Å². The molecule has 0 aromatic heterocycles. The van der Waals surface area contributed by atoms with Crippen molar-refractivity contribution in [3.8, 4) is 0 Å². The van der Waals surface area contributed by atoms with Gasteiger partial charge in [0.2, 0.25) is 11.8 Å². The largest absolute Gasteiger partial charge is 0.465 e. The van der Waals surface area contributed by atoms with Crippen molar-refractivity contribution in [2.45, 2.75) is 59.3 Å². The van der Waals surface area contributed by atoms with Crippen molar-refractivity contribution >= 4 is 35.1 Å². The third kappa shape index (κ3) is 4.19. The molecule has 0 spiro atoms. The molecular weight excluding hydrogens is 340 g/mol. The number of hydrogen-bond donors (Lipinski definition) is 1. The van der Waals surface area contributed by atoms with Crippen molar-refractivity contribution in [1.82, 2.24) is 10.2 Å². The van der Waals surface area contributed by atoms with E-state index in [0.29, 0.717) is 0 Å². The zero-order valence-corrected chi connectivity index (χ0v) is 16.3. The number of nitrogens with zero attached hydrogens (tertiary/aromatic N) is 1. The van der Waals surface area contributed by atoms with E-state index >= 15 is 0 Å². The van der Waals surface area contributed by atoms with Crippen LogP contribution in [-0.4, -0.2) is 41.5 Å². The smallest absolute Gasteiger partial charge is 0.307 e. The van der Waals surface area contributed by atoms with Crippen molar-refractivity contribution in [2.24, 2.45) is 16.7 Å². The number of carbonyl (C=O) groups is 3. The Labute approximate surface area is 154 Å². The van der Waals surface area contributed by atoms with Gasteiger partial charge in [-0.05, 0) is 36.4 Å². The molecule has 1 saturated carbocycles. The zero-order valence-electron chi connectivity index (χ0n) is 15.5. The summed E-state index contributed by atoms with van der Waals surface area (Å²) in [5.74, 6) is -1.52. The maximum atomic E-state index is 13.1. The molecule has 6 nitrogen and oxygen atoms in total. The van der Waals surface area contributed by atoms with E-state index < -0.39 is 17.3 Å². The first-order valence-corrected chi connectivity index (χ1v) is 9.28. The summed E-state index contributed by atoms with van der Waals surface area (Å²) < 4.78 is 5.36. The first-order valence-electron chi connectivity index (χ1n) is 8.87. The molecule has 7 heteroatoms. The molecule has 2 amide bonds. The average Bonchev–Trinajstić information content (AvgIpc) is 2.55. The Morgan fingerprint density at radius 3 is 2.44 bits per heavy atom. The van der Waals surface area contributed by atoms with Crippen LogP contribution < -0.4 is 5.32 Å². The number of amides is 2. The second-order valence-corrected chi connectivity index (χ2v) is 8.71. The standard InChI is InChI=1S/C18H28N2O4S/c1-17(2,3)11-24-13(21)10-18(12-8-6-5-7-9-12)14(22)19-16(25)20(4)15(18)23/h12H,5-11H2,1-4H3,(H,19,22,25). The van der Waals surface area contributed by atoms with Gasteiger partial charge < -0.3 is 10.1 Å². The van der Waals surface area contributed by atoms with Crippen LogP contribution in [0.5, 0.6) is 0 Å². The number of hydrogen-bond acceptors (Lipinski definition) is 5. The minimum Gasteiger partial charge on any atom is -0.465 e. The van der Waals surface area contributed by atoms with Crippen LogP contribution in [-0.2, 0) is 19.1 Å². The Hall–Kier alpha value is -1.50. The monoisotopic (exact) mass is 368 g/mol. The first-order chi connectivity index (χ1) is 11.6. The van der Waals surface area contributed by atoms with E-state index in [1.54, 1.807) is 7.05 Å². The zero-order chi connectivity index (χ0) is 18.8.